The summed E-state index contributed by atoms with van der Waals surface area (Å²) in [5.74, 6) is 2.99. The molecule has 1 amide bonds. The lowest BCUT2D eigenvalue weighted by Crippen LogP contribution is -2.19. The summed E-state index contributed by atoms with van der Waals surface area (Å²) in [5, 5.41) is 6.93. The van der Waals surface area contributed by atoms with Crippen LogP contribution in [0, 0.1) is 23.6 Å². The Balaban J connectivity index is 1.39. The van der Waals surface area contributed by atoms with Crippen LogP contribution in [0.25, 0.3) is 10.9 Å². The van der Waals surface area contributed by atoms with Gasteiger partial charge in [-0.1, -0.05) is 28.7 Å². The van der Waals surface area contributed by atoms with Crippen molar-refractivity contribution >= 4 is 56.6 Å². The van der Waals surface area contributed by atoms with Crippen molar-refractivity contribution < 1.29 is 13.9 Å². The Kier molecular flexibility index (Phi) is 7.38. The number of fused-ring (bicyclic) bond motifs is 2. The molecule has 0 bridgehead atoms. The first kappa shape index (κ1) is 24.9. The third-order valence-corrected chi connectivity index (χ3v) is 7.85. The Morgan fingerprint density at radius 1 is 1.25 bits per heavy atom. The lowest BCUT2D eigenvalue weighted by Gasteiger charge is -2.16. The number of alkyl halides is 1. The van der Waals surface area contributed by atoms with Crippen LogP contribution in [-0.2, 0) is 9.22 Å². The van der Waals surface area contributed by atoms with E-state index in [0.717, 1.165) is 35.2 Å². The van der Waals surface area contributed by atoms with Crippen molar-refractivity contribution in [1.29, 1.82) is 0 Å². The number of hydrogen-bond acceptors (Lipinski definition) is 6. The topological polar surface area (TPSA) is 79.4 Å². The summed E-state index contributed by atoms with van der Waals surface area (Å²) in [4.78, 5) is 23.6. The monoisotopic (exact) mass is 601 g/mol. The molecule has 2 heterocycles. The van der Waals surface area contributed by atoms with Gasteiger partial charge in [-0.2, -0.15) is 0 Å². The number of ether oxygens (including phenoxy) is 1. The van der Waals surface area contributed by atoms with Crippen molar-refractivity contribution in [2.24, 2.45) is 17.8 Å². The van der Waals surface area contributed by atoms with E-state index in [1.807, 2.05) is 12.1 Å². The van der Waals surface area contributed by atoms with Gasteiger partial charge in [0.2, 0.25) is 5.91 Å². The third kappa shape index (κ3) is 5.31. The van der Waals surface area contributed by atoms with Gasteiger partial charge in [0, 0.05) is 34.7 Å². The molecule has 0 radical (unpaired) electrons. The fraction of sp³-hybridized carbons (Fsp3) is 0.370. The predicted octanol–water partition coefficient (Wildman–Crippen LogP) is 5.54. The van der Waals surface area contributed by atoms with Gasteiger partial charge in [-0.25, -0.2) is 14.4 Å². The average molecular weight is 601 g/mol. The van der Waals surface area contributed by atoms with Crippen LogP contribution in [0.2, 0.25) is 0 Å². The standard InChI is InChI=1S/C27H29FIN5O2/c1-3-4-26(35)33-24-10-19-23(11-25(24)36-8-7-18-20-13-34(2)14-21(18)20)30-15-31-27(19)32-17-5-6-22(28)16(9-17)12-29/h3-6,9-11,15,18,20-21H,7-8,12-14H2,1-2H3,(H,33,35)(H,30,31,32)/b4-3+/t18-,20-,21+. The van der Waals surface area contributed by atoms with Gasteiger partial charge >= 0.3 is 0 Å². The van der Waals surface area contributed by atoms with Gasteiger partial charge in [0.15, 0.2) is 0 Å². The fourth-order valence-corrected chi connectivity index (χ4v) is 5.80. The molecule has 1 saturated heterocycles. The molecule has 9 heteroatoms. The zero-order valence-electron chi connectivity index (χ0n) is 20.3. The number of hydrogen-bond donors (Lipinski definition) is 2. The third-order valence-electron chi connectivity index (χ3n) is 7.03. The van der Waals surface area contributed by atoms with Crippen LogP contribution in [0.1, 0.15) is 18.9 Å². The Hall–Kier alpha value is -2.79. The first-order chi connectivity index (χ1) is 17.5. The SMILES string of the molecule is C/C=C/C(=O)Nc1cc2c(Nc3ccc(F)c(CI)c3)ncnc2cc1OCC[C@@H]1[C@H]2CN(C)C[C@@H]12. The van der Waals surface area contributed by atoms with Gasteiger partial charge in [0.05, 0.1) is 17.8 Å². The van der Waals surface area contributed by atoms with Gasteiger partial charge in [-0.05, 0) is 74.1 Å². The number of rotatable bonds is 9. The molecule has 188 valence electrons. The molecule has 1 saturated carbocycles. The van der Waals surface area contributed by atoms with Crippen molar-refractivity contribution in [3.63, 3.8) is 0 Å². The van der Waals surface area contributed by atoms with Crippen molar-refractivity contribution in [3.05, 3.63) is 60.2 Å². The van der Waals surface area contributed by atoms with E-state index in [1.54, 1.807) is 25.1 Å². The molecule has 36 heavy (non-hydrogen) atoms. The summed E-state index contributed by atoms with van der Waals surface area (Å²) in [6, 6.07) is 8.57. The number of likely N-dealkylation sites (tertiary alicyclic amines) is 1. The van der Waals surface area contributed by atoms with Crippen LogP contribution in [0.3, 0.4) is 0 Å². The van der Waals surface area contributed by atoms with Crippen molar-refractivity contribution in [2.75, 3.05) is 37.4 Å². The van der Waals surface area contributed by atoms with Gasteiger partial charge in [0.1, 0.15) is 23.7 Å². The maximum atomic E-state index is 14.0. The zero-order chi connectivity index (χ0) is 25.2. The normalized spacial score (nSPS) is 21.1. The molecule has 7 nitrogen and oxygen atoms in total. The quantitative estimate of drug-likeness (QED) is 0.191. The number of nitrogens with zero attached hydrogens (tertiary/aromatic N) is 3. The summed E-state index contributed by atoms with van der Waals surface area (Å²) >= 11 is 2.14. The van der Waals surface area contributed by atoms with E-state index in [-0.39, 0.29) is 11.7 Å². The second-order valence-electron chi connectivity index (χ2n) is 9.49. The number of carbonyl (C=O) groups excluding carboxylic acids is 1. The molecule has 2 N–H and O–H groups in total. The van der Waals surface area contributed by atoms with Gasteiger partial charge in [-0.3, -0.25) is 4.79 Å². The molecule has 1 aliphatic carbocycles. The van der Waals surface area contributed by atoms with E-state index in [4.69, 9.17) is 4.74 Å². The molecule has 2 aromatic carbocycles. The van der Waals surface area contributed by atoms with Crippen LogP contribution in [-0.4, -0.2) is 47.5 Å². The Morgan fingerprint density at radius 3 is 2.81 bits per heavy atom. The van der Waals surface area contributed by atoms with Crippen molar-refractivity contribution in [1.82, 2.24) is 14.9 Å². The lowest BCUT2D eigenvalue weighted by atomic mass is 10.1. The molecule has 5 rings (SSSR count). The Bertz CT molecular complexity index is 1300. The molecule has 1 aromatic heterocycles. The molecule has 0 spiro atoms. The molecular formula is C27H29FIN5O2. The summed E-state index contributed by atoms with van der Waals surface area (Å²) in [7, 11) is 2.18. The first-order valence-corrected chi connectivity index (χ1v) is 13.6. The van der Waals surface area contributed by atoms with E-state index in [9.17, 15) is 9.18 Å². The summed E-state index contributed by atoms with van der Waals surface area (Å²) in [6.07, 6.45) is 5.65. The van der Waals surface area contributed by atoms with Crippen LogP contribution >= 0.6 is 22.6 Å². The molecule has 2 fully saturated rings. The van der Waals surface area contributed by atoms with Crippen LogP contribution in [0.15, 0.2) is 48.8 Å². The highest BCUT2D eigenvalue weighted by molar-refractivity contribution is 14.1. The number of allylic oxidation sites excluding steroid dienone is 1. The minimum atomic E-state index is -0.238. The number of aromatic nitrogens is 2. The van der Waals surface area contributed by atoms with Gasteiger partial charge in [-0.15, -0.1) is 0 Å². The highest BCUT2D eigenvalue weighted by Gasteiger charge is 2.53. The number of carbonyl (C=O) groups is 1. The molecular weight excluding hydrogens is 572 g/mol. The van der Waals surface area contributed by atoms with Crippen molar-refractivity contribution in [2.45, 2.75) is 17.8 Å². The van der Waals surface area contributed by atoms with Gasteiger partial charge < -0.3 is 20.3 Å². The second kappa shape index (κ2) is 10.7. The second-order valence-corrected chi connectivity index (χ2v) is 10.3. The molecule has 0 unspecified atom stereocenters. The molecule has 3 atom stereocenters. The van der Waals surface area contributed by atoms with Crippen LogP contribution in [0.5, 0.6) is 5.75 Å². The summed E-state index contributed by atoms with van der Waals surface area (Å²) in [6.45, 7) is 4.74. The number of amides is 1. The predicted molar refractivity (Wildman–Crippen MR) is 148 cm³/mol. The minimum absolute atomic E-state index is 0.236. The first-order valence-electron chi connectivity index (χ1n) is 12.1. The maximum Gasteiger partial charge on any atom is 0.248 e. The van der Waals surface area contributed by atoms with Crippen molar-refractivity contribution in [3.8, 4) is 5.75 Å². The largest absolute Gasteiger partial charge is 0.491 e. The Morgan fingerprint density at radius 2 is 2.06 bits per heavy atom. The van der Waals surface area contributed by atoms with E-state index in [0.29, 0.717) is 39.4 Å². The lowest BCUT2D eigenvalue weighted by molar-refractivity contribution is -0.111. The molecule has 2 aliphatic rings. The van der Waals surface area contributed by atoms with E-state index in [2.05, 4.69) is 55.1 Å². The van der Waals surface area contributed by atoms with E-state index < -0.39 is 0 Å². The average Bonchev–Trinajstić information content (AvgIpc) is 3.31. The van der Waals surface area contributed by atoms with E-state index in [1.165, 1.54) is 31.6 Å². The zero-order valence-corrected chi connectivity index (χ0v) is 22.5. The highest BCUT2D eigenvalue weighted by Crippen LogP contribution is 2.53. The van der Waals surface area contributed by atoms with E-state index >= 15 is 0 Å². The summed E-state index contributed by atoms with van der Waals surface area (Å²) < 4.78 is 20.7. The van der Waals surface area contributed by atoms with Crippen LogP contribution < -0.4 is 15.4 Å². The number of anilines is 3. The van der Waals surface area contributed by atoms with Gasteiger partial charge in [0.25, 0.3) is 0 Å². The molecule has 3 aromatic rings. The number of nitrogens with one attached hydrogen (secondary N) is 2. The van der Waals surface area contributed by atoms with Crippen LogP contribution in [0.4, 0.5) is 21.6 Å². The number of benzene rings is 2. The highest BCUT2D eigenvalue weighted by atomic mass is 127. The smallest absolute Gasteiger partial charge is 0.248 e. The maximum absolute atomic E-state index is 14.0. The number of halogens is 2. The minimum Gasteiger partial charge on any atom is -0.491 e. The summed E-state index contributed by atoms with van der Waals surface area (Å²) in [5.41, 5.74) is 2.59. The molecule has 1 aliphatic heterocycles. The fourth-order valence-electron chi connectivity index (χ4n) is 5.21. The Labute approximate surface area is 223 Å². The number of piperidine rings is 1.